The van der Waals surface area contributed by atoms with E-state index >= 15 is 0 Å². The Kier molecular flexibility index (Phi) is 3.28. The zero-order chi connectivity index (χ0) is 15.0. The third-order valence-electron chi connectivity index (χ3n) is 3.56. The number of aromatic nitrogens is 2. The maximum Gasteiger partial charge on any atom is 0.271 e. The van der Waals surface area contributed by atoms with E-state index in [2.05, 4.69) is 15.3 Å². The number of hydrogen-bond acceptors (Lipinski definition) is 6. The van der Waals surface area contributed by atoms with Gasteiger partial charge in [-0.25, -0.2) is 13.4 Å². The summed E-state index contributed by atoms with van der Waals surface area (Å²) >= 11 is 0. The Morgan fingerprint density at radius 1 is 1.48 bits per heavy atom. The average molecular weight is 310 g/mol. The Balaban J connectivity index is 1.71. The molecule has 0 amide bonds. The maximum absolute atomic E-state index is 11.4. The maximum atomic E-state index is 11.4. The lowest BCUT2D eigenvalue weighted by atomic mass is 10.1. The number of nitro benzene ring substituents is 1. The van der Waals surface area contributed by atoms with Crippen molar-refractivity contribution in [3.05, 3.63) is 28.3 Å². The molecule has 1 fully saturated rings. The summed E-state index contributed by atoms with van der Waals surface area (Å²) in [5.74, 6) is 1.02. The second kappa shape index (κ2) is 4.99. The first-order chi connectivity index (χ1) is 9.93. The van der Waals surface area contributed by atoms with Crippen molar-refractivity contribution in [1.82, 2.24) is 9.97 Å². The summed E-state index contributed by atoms with van der Waals surface area (Å²) < 4.78 is 22.8. The zero-order valence-corrected chi connectivity index (χ0v) is 11.9. The second-order valence-corrected chi connectivity index (χ2v) is 7.42. The highest BCUT2D eigenvalue weighted by Crippen LogP contribution is 2.22. The molecule has 1 aromatic heterocycles. The average Bonchev–Trinajstić information content (AvgIpc) is 2.97. The molecule has 9 heteroatoms. The fraction of sp³-hybridized carbons (Fsp3) is 0.417. The molecule has 1 aliphatic rings. The molecule has 1 aromatic carbocycles. The SMILES string of the molecule is O=[N+]([O-])c1ccc2nc(NCC3CCS(=O)(=O)C3)[nH]c2c1. The number of fused-ring (bicyclic) bond motifs is 1. The van der Waals surface area contributed by atoms with Gasteiger partial charge < -0.3 is 10.3 Å². The monoisotopic (exact) mass is 310 g/mol. The van der Waals surface area contributed by atoms with E-state index in [-0.39, 0.29) is 23.1 Å². The van der Waals surface area contributed by atoms with E-state index in [1.807, 2.05) is 0 Å². The van der Waals surface area contributed by atoms with Gasteiger partial charge in [-0.1, -0.05) is 0 Å². The lowest BCUT2D eigenvalue weighted by Gasteiger charge is -2.07. The molecule has 0 bridgehead atoms. The molecule has 8 nitrogen and oxygen atoms in total. The lowest BCUT2D eigenvalue weighted by molar-refractivity contribution is -0.384. The van der Waals surface area contributed by atoms with Crippen molar-refractivity contribution < 1.29 is 13.3 Å². The fourth-order valence-electron chi connectivity index (χ4n) is 2.47. The summed E-state index contributed by atoms with van der Waals surface area (Å²) in [5, 5.41) is 13.8. The number of aromatic amines is 1. The van der Waals surface area contributed by atoms with Crippen molar-refractivity contribution in [1.29, 1.82) is 0 Å². The number of imidazole rings is 1. The molecule has 0 aliphatic carbocycles. The molecule has 0 saturated carbocycles. The third kappa shape index (κ3) is 2.97. The molecule has 21 heavy (non-hydrogen) atoms. The fourth-order valence-corrected chi connectivity index (χ4v) is 4.33. The minimum Gasteiger partial charge on any atom is -0.355 e. The number of hydrogen-bond donors (Lipinski definition) is 2. The van der Waals surface area contributed by atoms with Gasteiger partial charge in [0.05, 0.1) is 27.5 Å². The molecule has 1 saturated heterocycles. The van der Waals surface area contributed by atoms with E-state index in [0.717, 1.165) is 0 Å². The van der Waals surface area contributed by atoms with Crippen LogP contribution in [0.25, 0.3) is 11.0 Å². The largest absolute Gasteiger partial charge is 0.355 e. The predicted octanol–water partition coefficient (Wildman–Crippen LogP) is 1.32. The summed E-state index contributed by atoms with van der Waals surface area (Å²) in [6, 6.07) is 4.40. The van der Waals surface area contributed by atoms with E-state index in [1.165, 1.54) is 12.1 Å². The molecule has 0 spiro atoms. The predicted molar refractivity (Wildman–Crippen MR) is 78.0 cm³/mol. The second-order valence-electron chi connectivity index (χ2n) is 5.19. The molecule has 2 heterocycles. The molecule has 1 atom stereocenters. The number of sulfone groups is 1. The highest BCUT2D eigenvalue weighted by atomic mass is 32.2. The minimum atomic E-state index is -2.89. The Labute approximate surface area is 120 Å². The summed E-state index contributed by atoms with van der Waals surface area (Å²) in [6.45, 7) is 0.515. The van der Waals surface area contributed by atoms with Gasteiger partial charge in [0.15, 0.2) is 9.84 Å². The van der Waals surface area contributed by atoms with Gasteiger partial charge in [-0.2, -0.15) is 0 Å². The number of rotatable bonds is 4. The molecule has 3 rings (SSSR count). The van der Waals surface area contributed by atoms with E-state index in [0.29, 0.717) is 29.9 Å². The smallest absolute Gasteiger partial charge is 0.271 e. The van der Waals surface area contributed by atoms with Crippen LogP contribution in [0.1, 0.15) is 6.42 Å². The summed E-state index contributed by atoms with van der Waals surface area (Å²) in [5.41, 5.74) is 1.20. The van der Waals surface area contributed by atoms with Gasteiger partial charge in [-0.05, 0) is 18.4 Å². The molecule has 2 aromatic rings. The van der Waals surface area contributed by atoms with Crippen molar-refractivity contribution in [2.45, 2.75) is 6.42 Å². The number of nitrogens with zero attached hydrogens (tertiary/aromatic N) is 2. The molecule has 1 aliphatic heterocycles. The molecule has 112 valence electrons. The molecule has 1 unspecified atom stereocenters. The number of non-ortho nitro benzene ring substituents is 1. The number of nitro groups is 1. The summed E-state index contributed by atoms with van der Waals surface area (Å²) in [7, 11) is -2.89. The molecule has 2 N–H and O–H groups in total. The van der Waals surface area contributed by atoms with E-state index in [4.69, 9.17) is 0 Å². The normalized spacial score (nSPS) is 20.7. The highest BCUT2D eigenvalue weighted by Gasteiger charge is 2.27. The van der Waals surface area contributed by atoms with Crippen LogP contribution >= 0.6 is 0 Å². The molecular weight excluding hydrogens is 296 g/mol. The van der Waals surface area contributed by atoms with Crippen LogP contribution < -0.4 is 5.32 Å². The van der Waals surface area contributed by atoms with Gasteiger partial charge in [0.2, 0.25) is 5.95 Å². The van der Waals surface area contributed by atoms with Crippen LogP contribution in [-0.2, 0) is 9.84 Å². The Bertz CT molecular complexity index is 799. The topological polar surface area (TPSA) is 118 Å². The number of nitrogens with one attached hydrogen (secondary N) is 2. The quantitative estimate of drug-likeness (QED) is 0.649. The third-order valence-corrected chi connectivity index (χ3v) is 5.40. The van der Waals surface area contributed by atoms with Gasteiger partial charge in [0, 0.05) is 18.7 Å². The minimum absolute atomic E-state index is 0.000383. The molecular formula is C12H14N4O4S. The summed E-state index contributed by atoms with van der Waals surface area (Å²) in [4.78, 5) is 17.5. The first-order valence-corrected chi connectivity index (χ1v) is 8.33. The van der Waals surface area contributed by atoms with E-state index < -0.39 is 14.8 Å². The standard InChI is InChI=1S/C12H14N4O4S/c17-16(18)9-1-2-10-11(5-9)15-12(14-10)13-6-8-3-4-21(19,20)7-8/h1-2,5,8H,3-4,6-7H2,(H2,13,14,15). The Morgan fingerprint density at radius 3 is 2.95 bits per heavy atom. The number of benzene rings is 1. The van der Waals surface area contributed by atoms with Crippen LogP contribution in [0.2, 0.25) is 0 Å². The first kappa shape index (κ1) is 13.8. The van der Waals surface area contributed by atoms with Crippen molar-refractivity contribution >= 4 is 32.5 Å². The van der Waals surface area contributed by atoms with Gasteiger partial charge in [-0.15, -0.1) is 0 Å². The Morgan fingerprint density at radius 2 is 2.29 bits per heavy atom. The van der Waals surface area contributed by atoms with Crippen molar-refractivity contribution in [2.75, 3.05) is 23.4 Å². The van der Waals surface area contributed by atoms with Gasteiger partial charge in [0.1, 0.15) is 0 Å². The van der Waals surface area contributed by atoms with E-state index in [1.54, 1.807) is 6.07 Å². The molecule has 0 radical (unpaired) electrons. The first-order valence-electron chi connectivity index (χ1n) is 6.51. The number of H-pyrrole nitrogens is 1. The Hall–Kier alpha value is -2.16. The van der Waals surface area contributed by atoms with Gasteiger partial charge in [0.25, 0.3) is 5.69 Å². The van der Waals surface area contributed by atoms with Crippen LogP contribution in [-0.4, -0.2) is 41.4 Å². The van der Waals surface area contributed by atoms with Crippen molar-refractivity contribution in [3.63, 3.8) is 0 Å². The van der Waals surface area contributed by atoms with Crippen molar-refractivity contribution in [3.8, 4) is 0 Å². The van der Waals surface area contributed by atoms with Crippen LogP contribution in [0.15, 0.2) is 18.2 Å². The summed E-state index contributed by atoms with van der Waals surface area (Å²) in [6.07, 6.45) is 0.654. The highest BCUT2D eigenvalue weighted by molar-refractivity contribution is 7.91. The van der Waals surface area contributed by atoms with Gasteiger partial charge >= 0.3 is 0 Å². The van der Waals surface area contributed by atoms with Crippen LogP contribution in [0, 0.1) is 16.0 Å². The van der Waals surface area contributed by atoms with E-state index in [9.17, 15) is 18.5 Å². The van der Waals surface area contributed by atoms with Crippen molar-refractivity contribution in [2.24, 2.45) is 5.92 Å². The van der Waals surface area contributed by atoms with Crippen LogP contribution in [0.3, 0.4) is 0 Å². The van der Waals surface area contributed by atoms with Gasteiger partial charge in [-0.3, -0.25) is 10.1 Å². The van der Waals surface area contributed by atoms with Crippen LogP contribution in [0.4, 0.5) is 11.6 Å². The van der Waals surface area contributed by atoms with Crippen LogP contribution in [0.5, 0.6) is 0 Å². The number of anilines is 1. The zero-order valence-electron chi connectivity index (χ0n) is 11.1. The lowest BCUT2D eigenvalue weighted by Crippen LogP contribution is -2.16.